The molecule has 0 aliphatic carbocycles. The Balaban J connectivity index is 1.52. The van der Waals surface area contributed by atoms with Crippen LogP contribution in [0.2, 0.25) is 9.49 Å². The SMILES string of the molecule is Clc1ccc(-c2ncc3c(n2)CCN(Cc2cnc(Cl)s2)C3)cc1. The number of thiazole rings is 1. The Hall–Kier alpha value is -1.53. The van der Waals surface area contributed by atoms with E-state index >= 15 is 0 Å². The van der Waals surface area contributed by atoms with Crippen molar-refractivity contribution in [2.45, 2.75) is 19.5 Å². The number of benzene rings is 1. The Kier molecular flexibility index (Phi) is 4.50. The highest BCUT2D eigenvalue weighted by molar-refractivity contribution is 7.15. The van der Waals surface area contributed by atoms with Gasteiger partial charge in [-0.25, -0.2) is 15.0 Å². The van der Waals surface area contributed by atoms with Gasteiger partial charge in [-0.1, -0.05) is 23.2 Å². The third-order valence-electron chi connectivity index (χ3n) is 4.02. The number of hydrogen-bond donors (Lipinski definition) is 0. The molecule has 4 nitrogen and oxygen atoms in total. The van der Waals surface area contributed by atoms with Gasteiger partial charge in [0.1, 0.15) is 0 Å². The minimum absolute atomic E-state index is 0.596. The van der Waals surface area contributed by atoms with Crippen LogP contribution in [0.25, 0.3) is 11.4 Å². The molecule has 3 heterocycles. The molecular formula is C17H14Cl2N4S. The highest BCUT2D eigenvalue weighted by Crippen LogP contribution is 2.25. The van der Waals surface area contributed by atoms with E-state index in [2.05, 4.69) is 14.9 Å². The molecule has 0 radical (unpaired) electrons. The molecule has 122 valence electrons. The Morgan fingerprint density at radius 1 is 1.08 bits per heavy atom. The maximum atomic E-state index is 5.94. The molecule has 0 bridgehead atoms. The largest absolute Gasteiger partial charge is 0.293 e. The molecule has 0 unspecified atom stereocenters. The van der Waals surface area contributed by atoms with Gasteiger partial charge < -0.3 is 0 Å². The summed E-state index contributed by atoms with van der Waals surface area (Å²) in [6.07, 6.45) is 4.71. The third-order valence-corrected chi connectivity index (χ3v) is 5.37. The molecule has 1 aliphatic rings. The van der Waals surface area contributed by atoms with Crippen molar-refractivity contribution >= 4 is 34.5 Å². The van der Waals surface area contributed by atoms with Gasteiger partial charge in [0.2, 0.25) is 0 Å². The molecule has 4 rings (SSSR count). The van der Waals surface area contributed by atoms with E-state index in [0.29, 0.717) is 4.47 Å². The fourth-order valence-electron chi connectivity index (χ4n) is 2.82. The van der Waals surface area contributed by atoms with Crippen molar-refractivity contribution in [3.8, 4) is 11.4 Å². The van der Waals surface area contributed by atoms with Crippen molar-refractivity contribution in [3.63, 3.8) is 0 Å². The first-order chi connectivity index (χ1) is 11.7. The highest BCUT2D eigenvalue weighted by atomic mass is 35.5. The van der Waals surface area contributed by atoms with E-state index in [9.17, 15) is 0 Å². The fourth-order valence-corrected chi connectivity index (χ4v) is 3.97. The number of halogens is 2. The highest BCUT2D eigenvalue weighted by Gasteiger charge is 2.19. The molecule has 24 heavy (non-hydrogen) atoms. The van der Waals surface area contributed by atoms with Gasteiger partial charge in [0, 0.05) is 59.5 Å². The number of nitrogens with zero attached hydrogens (tertiary/aromatic N) is 4. The van der Waals surface area contributed by atoms with Crippen molar-refractivity contribution in [1.82, 2.24) is 19.9 Å². The lowest BCUT2D eigenvalue weighted by atomic mass is 10.1. The topological polar surface area (TPSA) is 41.9 Å². The van der Waals surface area contributed by atoms with Crippen molar-refractivity contribution in [3.05, 3.63) is 62.3 Å². The van der Waals surface area contributed by atoms with Gasteiger partial charge in [0.15, 0.2) is 10.3 Å². The monoisotopic (exact) mass is 376 g/mol. The Labute approximate surface area is 154 Å². The minimum atomic E-state index is 0.596. The van der Waals surface area contributed by atoms with Crippen LogP contribution in [0.15, 0.2) is 36.7 Å². The molecule has 0 atom stereocenters. The molecular weight excluding hydrogens is 363 g/mol. The summed E-state index contributed by atoms with van der Waals surface area (Å²) in [7, 11) is 0. The standard InChI is InChI=1S/C17H14Cl2N4S/c18-13-3-1-11(2-4-13)16-20-7-12-9-23(6-5-15(12)22-16)10-14-8-21-17(19)24-14/h1-4,7-8H,5-6,9-10H2. The molecule has 1 aliphatic heterocycles. The van der Waals surface area contributed by atoms with Crippen molar-refractivity contribution in [2.75, 3.05) is 6.54 Å². The molecule has 0 saturated heterocycles. The lowest BCUT2D eigenvalue weighted by Gasteiger charge is -2.27. The van der Waals surface area contributed by atoms with E-state index in [4.69, 9.17) is 28.2 Å². The first-order valence-electron chi connectivity index (χ1n) is 7.61. The van der Waals surface area contributed by atoms with Gasteiger partial charge in [-0.3, -0.25) is 4.90 Å². The fraction of sp³-hybridized carbons (Fsp3) is 0.235. The van der Waals surface area contributed by atoms with Gasteiger partial charge in [-0.15, -0.1) is 11.3 Å². The van der Waals surface area contributed by atoms with E-state index in [1.807, 2.05) is 36.7 Å². The van der Waals surface area contributed by atoms with Crippen LogP contribution in [0.5, 0.6) is 0 Å². The summed E-state index contributed by atoms with van der Waals surface area (Å²) in [4.78, 5) is 16.9. The van der Waals surface area contributed by atoms with Crippen LogP contribution < -0.4 is 0 Å². The first kappa shape index (κ1) is 16.0. The Bertz CT molecular complexity index is 863. The molecule has 3 aromatic rings. The second-order valence-corrected chi connectivity index (χ2v) is 7.85. The summed E-state index contributed by atoms with van der Waals surface area (Å²) in [6, 6.07) is 7.63. The van der Waals surface area contributed by atoms with Crippen molar-refractivity contribution in [2.24, 2.45) is 0 Å². The number of fused-ring (bicyclic) bond motifs is 1. The van der Waals surface area contributed by atoms with Gasteiger partial charge in [0.05, 0.1) is 5.69 Å². The van der Waals surface area contributed by atoms with E-state index in [-0.39, 0.29) is 0 Å². The maximum Gasteiger partial charge on any atom is 0.183 e. The molecule has 0 saturated carbocycles. The van der Waals surface area contributed by atoms with Crippen molar-refractivity contribution in [1.29, 1.82) is 0 Å². The zero-order valence-electron chi connectivity index (χ0n) is 12.7. The maximum absolute atomic E-state index is 5.94. The Morgan fingerprint density at radius 2 is 1.92 bits per heavy atom. The van der Waals surface area contributed by atoms with Gasteiger partial charge in [0.25, 0.3) is 0 Å². The smallest absolute Gasteiger partial charge is 0.183 e. The molecule has 0 amide bonds. The molecule has 0 fully saturated rings. The predicted molar refractivity (Wildman–Crippen MR) is 97.4 cm³/mol. The quantitative estimate of drug-likeness (QED) is 0.676. The average Bonchev–Trinajstić information content (AvgIpc) is 3.00. The van der Waals surface area contributed by atoms with Gasteiger partial charge in [-0.2, -0.15) is 0 Å². The number of aromatic nitrogens is 3. The second kappa shape index (κ2) is 6.76. The average molecular weight is 377 g/mol. The summed E-state index contributed by atoms with van der Waals surface area (Å²) < 4.78 is 0.596. The zero-order chi connectivity index (χ0) is 16.5. The van der Waals surface area contributed by atoms with E-state index in [1.54, 1.807) is 0 Å². The van der Waals surface area contributed by atoms with E-state index in [0.717, 1.165) is 48.2 Å². The van der Waals surface area contributed by atoms with Crippen LogP contribution in [0.1, 0.15) is 16.1 Å². The third kappa shape index (κ3) is 3.44. The Morgan fingerprint density at radius 3 is 2.67 bits per heavy atom. The summed E-state index contributed by atoms with van der Waals surface area (Å²) in [5, 5.41) is 0.718. The number of rotatable bonds is 3. The van der Waals surface area contributed by atoms with E-state index in [1.165, 1.54) is 21.8 Å². The van der Waals surface area contributed by atoms with Crippen LogP contribution in [-0.4, -0.2) is 26.4 Å². The normalized spacial score (nSPS) is 14.6. The van der Waals surface area contributed by atoms with Crippen LogP contribution >= 0.6 is 34.5 Å². The zero-order valence-corrected chi connectivity index (χ0v) is 15.1. The molecule has 2 aromatic heterocycles. The second-order valence-electron chi connectivity index (χ2n) is 5.71. The minimum Gasteiger partial charge on any atom is -0.293 e. The lowest BCUT2D eigenvalue weighted by Crippen LogP contribution is -2.30. The number of hydrogen-bond acceptors (Lipinski definition) is 5. The van der Waals surface area contributed by atoms with Crippen LogP contribution in [0.3, 0.4) is 0 Å². The summed E-state index contributed by atoms with van der Waals surface area (Å²) >= 11 is 13.4. The van der Waals surface area contributed by atoms with Crippen LogP contribution in [0, 0.1) is 0 Å². The van der Waals surface area contributed by atoms with Gasteiger partial charge in [-0.05, 0) is 24.3 Å². The molecule has 0 N–H and O–H groups in total. The summed E-state index contributed by atoms with van der Waals surface area (Å²) in [5.74, 6) is 0.758. The van der Waals surface area contributed by atoms with Crippen LogP contribution in [-0.2, 0) is 19.5 Å². The predicted octanol–water partition coefficient (Wildman–Crippen LogP) is 4.47. The summed E-state index contributed by atoms with van der Waals surface area (Å²) in [5.41, 5.74) is 3.31. The first-order valence-corrected chi connectivity index (χ1v) is 9.18. The van der Waals surface area contributed by atoms with Crippen molar-refractivity contribution < 1.29 is 0 Å². The molecule has 1 aromatic carbocycles. The van der Waals surface area contributed by atoms with Gasteiger partial charge >= 0.3 is 0 Å². The lowest BCUT2D eigenvalue weighted by molar-refractivity contribution is 0.245. The van der Waals surface area contributed by atoms with Crippen LogP contribution in [0.4, 0.5) is 0 Å². The van der Waals surface area contributed by atoms with E-state index < -0.39 is 0 Å². The molecule has 7 heteroatoms. The molecule has 0 spiro atoms. The summed E-state index contributed by atoms with van der Waals surface area (Å²) in [6.45, 7) is 2.69.